The molecule has 2 rings (SSSR count). The van der Waals surface area contributed by atoms with E-state index in [4.69, 9.17) is 10.5 Å². The lowest BCUT2D eigenvalue weighted by Crippen LogP contribution is -1.92. The summed E-state index contributed by atoms with van der Waals surface area (Å²) in [6, 6.07) is 7.73. The van der Waals surface area contributed by atoms with Gasteiger partial charge in [-0.1, -0.05) is 0 Å². The van der Waals surface area contributed by atoms with Gasteiger partial charge in [-0.2, -0.15) is 0 Å². The molecular formula is C11H12N2O. The van der Waals surface area contributed by atoms with Gasteiger partial charge in [-0.25, -0.2) is 4.98 Å². The van der Waals surface area contributed by atoms with Crippen LogP contribution >= 0.6 is 0 Å². The maximum Gasteiger partial charge on any atom is 0.123 e. The zero-order valence-electron chi connectivity index (χ0n) is 8.03. The number of nitrogens with two attached hydrogens (primary N) is 1. The van der Waals surface area contributed by atoms with Gasteiger partial charge in [-0.15, -0.1) is 0 Å². The Kier molecular flexibility index (Phi) is 2.23. The molecule has 0 fully saturated rings. The van der Waals surface area contributed by atoms with Crippen molar-refractivity contribution in [3.05, 3.63) is 30.5 Å². The summed E-state index contributed by atoms with van der Waals surface area (Å²) in [4.78, 5) is 4.02. The second-order valence-corrected chi connectivity index (χ2v) is 3.05. The molecule has 0 aliphatic rings. The average Bonchev–Trinajstić information content (AvgIpc) is 2.17. The van der Waals surface area contributed by atoms with Gasteiger partial charge in [0.2, 0.25) is 0 Å². The van der Waals surface area contributed by atoms with E-state index in [1.165, 1.54) is 0 Å². The number of anilines is 1. The van der Waals surface area contributed by atoms with Crippen LogP contribution in [0, 0.1) is 0 Å². The summed E-state index contributed by atoms with van der Waals surface area (Å²) in [6.07, 6.45) is 1.76. The van der Waals surface area contributed by atoms with E-state index in [0.717, 1.165) is 16.5 Å². The number of fused-ring (bicyclic) bond motifs is 1. The SMILES string of the molecule is CCOc1ccc2cnc(N)cc2c1. The summed E-state index contributed by atoms with van der Waals surface area (Å²) in [6.45, 7) is 2.64. The monoisotopic (exact) mass is 188 g/mol. The lowest BCUT2D eigenvalue weighted by atomic mass is 10.1. The van der Waals surface area contributed by atoms with Crippen molar-refractivity contribution < 1.29 is 4.74 Å². The van der Waals surface area contributed by atoms with Crippen molar-refractivity contribution in [3.63, 3.8) is 0 Å². The number of nitrogens with zero attached hydrogens (tertiary/aromatic N) is 1. The molecule has 2 aromatic rings. The Hall–Kier alpha value is -1.77. The fourth-order valence-electron chi connectivity index (χ4n) is 1.39. The van der Waals surface area contributed by atoms with Crippen LogP contribution in [0.2, 0.25) is 0 Å². The minimum atomic E-state index is 0.533. The van der Waals surface area contributed by atoms with Crippen LogP contribution < -0.4 is 10.5 Å². The molecule has 0 atom stereocenters. The Labute approximate surface area is 82.5 Å². The maximum absolute atomic E-state index is 5.60. The molecule has 1 aromatic heterocycles. The lowest BCUT2D eigenvalue weighted by molar-refractivity contribution is 0.341. The molecule has 0 bridgehead atoms. The Balaban J connectivity index is 2.52. The van der Waals surface area contributed by atoms with Crippen molar-refractivity contribution in [2.24, 2.45) is 0 Å². The first-order chi connectivity index (χ1) is 6.79. The molecule has 1 aromatic carbocycles. The van der Waals surface area contributed by atoms with Gasteiger partial charge in [0, 0.05) is 11.6 Å². The molecule has 14 heavy (non-hydrogen) atoms. The van der Waals surface area contributed by atoms with Crippen LogP contribution in [0.1, 0.15) is 6.92 Å². The standard InChI is InChI=1S/C11H12N2O/c1-2-14-10-4-3-8-7-13-11(12)6-9(8)5-10/h3-7H,2H2,1H3,(H2,12,13). The summed E-state index contributed by atoms with van der Waals surface area (Å²) in [5.41, 5.74) is 5.60. The number of ether oxygens (including phenoxy) is 1. The van der Waals surface area contributed by atoms with Gasteiger partial charge in [0.15, 0.2) is 0 Å². The highest BCUT2D eigenvalue weighted by Gasteiger charge is 1.97. The van der Waals surface area contributed by atoms with Gasteiger partial charge in [-0.05, 0) is 36.6 Å². The summed E-state index contributed by atoms with van der Waals surface area (Å²) in [5, 5.41) is 2.13. The topological polar surface area (TPSA) is 48.1 Å². The number of nitrogen functional groups attached to an aromatic ring is 1. The minimum Gasteiger partial charge on any atom is -0.494 e. The highest BCUT2D eigenvalue weighted by Crippen LogP contribution is 2.21. The van der Waals surface area contributed by atoms with Crippen LogP contribution in [0.4, 0.5) is 5.82 Å². The highest BCUT2D eigenvalue weighted by atomic mass is 16.5. The van der Waals surface area contributed by atoms with Crippen molar-refractivity contribution in [3.8, 4) is 5.75 Å². The molecule has 0 spiro atoms. The highest BCUT2D eigenvalue weighted by molar-refractivity contribution is 5.84. The van der Waals surface area contributed by atoms with E-state index >= 15 is 0 Å². The zero-order valence-corrected chi connectivity index (χ0v) is 8.03. The van der Waals surface area contributed by atoms with Gasteiger partial charge >= 0.3 is 0 Å². The van der Waals surface area contributed by atoms with Crippen LogP contribution in [-0.2, 0) is 0 Å². The Morgan fingerprint density at radius 2 is 2.14 bits per heavy atom. The van der Waals surface area contributed by atoms with Gasteiger partial charge in [-0.3, -0.25) is 0 Å². The van der Waals surface area contributed by atoms with Gasteiger partial charge < -0.3 is 10.5 Å². The van der Waals surface area contributed by atoms with E-state index in [0.29, 0.717) is 12.4 Å². The van der Waals surface area contributed by atoms with E-state index in [1.54, 1.807) is 6.20 Å². The summed E-state index contributed by atoms with van der Waals surface area (Å²) in [5.74, 6) is 1.40. The normalized spacial score (nSPS) is 10.4. The average molecular weight is 188 g/mol. The van der Waals surface area contributed by atoms with Gasteiger partial charge in [0.25, 0.3) is 0 Å². The molecule has 0 amide bonds. The third-order valence-corrected chi connectivity index (χ3v) is 2.03. The lowest BCUT2D eigenvalue weighted by Gasteiger charge is -2.04. The number of pyridine rings is 1. The largest absolute Gasteiger partial charge is 0.494 e. The molecule has 0 saturated heterocycles. The van der Waals surface area contributed by atoms with Crippen molar-refractivity contribution in [2.75, 3.05) is 12.3 Å². The number of hydrogen-bond acceptors (Lipinski definition) is 3. The van der Waals surface area contributed by atoms with Crippen molar-refractivity contribution in [1.82, 2.24) is 4.98 Å². The maximum atomic E-state index is 5.60. The molecule has 72 valence electrons. The Bertz CT molecular complexity index is 454. The molecule has 0 aliphatic heterocycles. The summed E-state index contributed by atoms with van der Waals surface area (Å²) in [7, 11) is 0. The van der Waals surface area contributed by atoms with Crippen molar-refractivity contribution >= 4 is 16.6 Å². The van der Waals surface area contributed by atoms with Gasteiger partial charge in [0.05, 0.1) is 6.61 Å². The molecule has 0 radical (unpaired) electrons. The van der Waals surface area contributed by atoms with E-state index in [9.17, 15) is 0 Å². The van der Waals surface area contributed by atoms with E-state index < -0.39 is 0 Å². The fourth-order valence-corrected chi connectivity index (χ4v) is 1.39. The van der Waals surface area contributed by atoms with Crippen LogP contribution in [0.5, 0.6) is 5.75 Å². The van der Waals surface area contributed by atoms with Gasteiger partial charge in [0.1, 0.15) is 11.6 Å². The third kappa shape index (κ3) is 1.62. The number of hydrogen-bond donors (Lipinski definition) is 1. The second kappa shape index (κ2) is 3.54. The van der Waals surface area contributed by atoms with Crippen molar-refractivity contribution in [1.29, 1.82) is 0 Å². The molecule has 0 aliphatic carbocycles. The number of benzene rings is 1. The van der Waals surface area contributed by atoms with Crippen molar-refractivity contribution in [2.45, 2.75) is 6.92 Å². The Morgan fingerprint density at radius 1 is 1.29 bits per heavy atom. The predicted molar refractivity (Wildman–Crippen MR) is 57.3 cm³/mol. The third-order valence-electron chi connectivity index (χ3n) is 2.03. The molecule has 0 saturated carbocycles. The molecule has 2 N–H and O–H groups in total. The Morgan fingerprint density at radius 3 is 2.93 bits per heavy atom. The second-order valence-electron chi connectivity index (χ2n) is 3.05. The number of aromatic nitrogens is 1. The minimum absolute atomic E-state index is 0.533. The first kappa shape index (κ1) is 8.81. The molecule has 0 unspecified atom stereocenters. The number of rotatable bonds is 2. The molecular weight excluding hydrogens is 176 g/mol. The van der Waals surface area contributed by atoms with Crippen LogP contribution in [0.25, 0.3) is 10.8 Å². The van der Waals surface area contributed by atoms with E-state index in [-0.39, 0.29) is 0 Å². The zero-order chi connectivity index (χ0) is 9.97. The van der Waals surface area contributed by atoms with E-state index in [1.807, 2.05) is 31.2 Å². The predicted octanol–water partition coefficient (Wildman–Crippen LogP) is 2.22. The fraction of sp³-hybridized carbons (Fsp3) is 0.182. The first-order valence-corrected chi connectivity index (χ1v) is 4.57. The van der Waals surface area contributed by atoms with Crippen LogP contribution in [0.15, 0.2) is 30.5 Å². The molecule has 1 heterocycles. The van der Waals surface area contributed by atoms with Crippen LogP contribution in [0.3, 0.4) is 0 Å². The van der Waals surface area contributed by atoms with E-state index in [2.05, 4.69) is 4.98 Å². The van der Waals surface area contributed by atoms with Crippen LogP contribution in [-0.4, -0.2) is 11.6 Å². The quantitative estimate of drug-likeness (QED) is 0.786. The molecule has 3 heteroatoms. The summed E-state index contributed by atoms with van der Waals surface area (Å²) < 4.78 is 5.39. The summed E-state index contributed by atoms with van der Waals surface area (Å²) >= 11 is 0. The first-order valence-electron chi connectivity index (χ1n) is 4.57. The molecule has 3 nitrogen and oxygen atoms in total. The smallest absolute Gasteiger partial charge is 0.123 e.